The van der Waals surface area contributed by atoms with E-state index in [1.807, 2.05) is 32.9 Å². The first-order valence-corrected chi connectivity index (χ1v) is 8.78. The highest BCUT2D eigenvalue weighted by atomic mass is 31.2. The van der Waals surface area contributed by atoms with Crippen LogP contribution < -0.4 is 0 Å². The topological polar surface area (TPSA) is 63.6 Å². The molecule has 0 aromatic heterocycles. The average Bonchev–Trinajstić information content (AvgIpc) is 2.37. The van der Waals surface area contributed by atoms with Crippen molar-refractivity contribution in [1.82, 2.24) is 0 Å². The Bertz CT molecular complexity index is 555. The first-order valence-electron chi connectivity index (χ1n) is 7.02. The molecule has 2 unspecified atom stereocenters. The molecule has 2 atom stereocenters. The maximum Gasteiger partial charge on any atom is 0.332 e. The van der Waals surface area contributed by atoms with Gasteiger partial charge in [-0.15, -0.1) is 0 Å². The minimum absolute atomic E-state index is 0.0229. The van der Waals surface area contributed by atoms with E-state index in [2.05, 4.69) is 0 Å². The Balaban J connectivity index is 2.78. The summed E-state index contributed by atoms with van der Waals surface area (Å²) in [6, 6.07) is 3.76. The second-order valence-electron chi connectivity index (χ2n) is 5.23. The molecule has 0 saturated carbocycles. The Morgan fingerprint density at radius 3 is 2.38 bits per heavy atom. The van der Waals surface area contributed by atoms with Crippen molar-refractivity contribution in [2.75, 3.05) is 6.16 Å². The van der Waals surface area contributed by atoms with Gasteiger partial charge in [0.15, 0.2) is 6.29 Å². The van der Waals surface area contributed by atoms with Gasteiger partial charge in [-0.25, -0.2) is 0 Å². The average molecular weight is 310 g/mol. The van der Waals surface area contributed by atoms with Crippen LogP contribution in [0.5, 0.6) is 0 Å². The number of hydrogen-bond acceptors (Lipinski definition) is 3. The molecule has 0 bridgehead atoms. The fourth-order valence-corrected chi connectivity index (χ4v) is 3.18. The Morgan fingerprint density at radius 1 is 1.33 bits per heavy atom. The Labute approximate surface area is 126 Å². The predicted octanol–water partition coefficient (Wildman–Crippen LogP) is 4.13. The van der Waals surface area contributed by atoms with Crippen molar-refractivity contribution in [3.05, 3.63) is 40.5 Å². The minimum Gasteiger partial charge on any atom is -0.324 e. The number of hydrogen-bond donors (Lipinski definition) is 1. The van der Waals surface area contributed by atoms with Crippen LogP contribution in [-0.2, 0) is 9.09 Å². The van der Waals surface area contributed by atoms with Crippen molar-refractivity contribution < 1.29 is 18.8 Å². The van der Waals surface area contributed by atoms with E-state index in [0.29, 0.717) is 12.0 Å². The third-order valence-electron chi connectivity index (χ3n) is 3.30. The quantitative estimate of drug-likeness (QED) is 0.607. The lowest BCUT2D eigenvalue weighted by atomic mass is 10.0. The fraction of sp³-hybridized carbons (Fsp3) is 0.438. The number of aryl methyl sites for hydroxylation is 2. The van der Waals surface area contributed by atoms with Crippen molar-refractivity contribution >= 4 is 20.0 Å². The van der Waals surface area contributed by atoms with Crippen molar-refractivity contribution in [2.45, 2.75) is 40.2 Å². The van der Waals surface area contributed by atoms with Crippen LogP contribution in [0.15, 0.2) is 18.2 Å². The number of benzene rings is 1. The summed E-state index contributed by atoms with van der Waals surface area (Å²) < 4.78 is 17.0. The molecule has 5 heteroatoms. The highest BCUT2D eigenvalue weighted by Gasteiger charge is 2.19. The van der Waals surface area contributed by atoms with Crippen molar-refractivity contribution in [3.8, 4) is 0 Å². The van der Waals surface area contributed by atoms with Crippen LogP contribution in [0.25, 0.3) is 6.08 Å². The van der Waals surface area contributed by atoms with Gasteiger partial charge in [0.05, 0.1) is 12.3 Å². The smallest absolute Gasteiger partial charge is 0.324 e. The Hall–Kier alpha value is -1.22. The first-order chi connectivity index (χ1) is 9.79. The highest BCUT2D eigenvalue weighted by molar-refractivity contribution is 7.53. The molecule has 0 aliphatic heterocycles. The molecule has 1 aromatic carbocycles. The molecular weight excluding hydrogens is 287 g/mol. The molecule has 0 aliphatic rings. The summed E-state index contributed by atoms with van der Waals surface area (Å²) in [5.41, 5.74) is 3.39. The SMILES string of the molecule is CCC(C)OP(=O)(O)CC=Cc1cc(C)c(C=O)c(C)c1. The van der Waals surface area contributed by atoms with Crippen molar-refractivity contribution in [2.24, 2.45) is 0 Å². The number of carbonyl (C=O) groups is 1. The molecule has 1 aromatic rings. The van der Waals surface area contributed by atoms with Crippen LogP contribution in [0.1, 0.15) is 47.3 Å². The van der Waals surface area contributed by atoms with Crippen LogP contribution in [0, 0.1) is 13.8 Å². The van der Waals surface area contributed by atoms with Gasteiger partial charge in [-0.2, -0.15) is 0 Å². The van der Waals surface area contributed by atoms with Crippen LogP contribution in [0.2, 0.25) is 0 Å². The Kier molecular flexibility index (Phi) is 6.53. The third kappa shape index (κ3) is 5.58. The molecule has 0 amide bonds. The molecule has 1 N–H and O–H groups in total. The zero-order valence-corrected chi connectivity index (χ0v) is 13.9. The monoisotopic (exact) mass is 310 g/mol. The van der Waals surface area contributed by atoms with Gasteiger partial charge in [-0.3, -0.25) is 9.36 Å². The lowest BCUT2D eigenvalue weighted by molar-refractivity contribution is 0.112. The number of rotatable bonds is 7. The van der Waals surface area contributed by atoms with Gasteiger partial charge < -0.3 is 9.42 Å². The van der Waals surface area contributed by atoms with Crippen molar-refractivity contribution in [1.29, 1.82) is 0 Å². The van der Waals surface area contributed by atoms with E-state index in [1.54, 1.807) is 19.1 Å². The maximum absolute atomic E-state index is 11.8. The molecule has 0 radical (unpaired) electrons. The van der Waals surface area contributed by atoms with Gasteiger partial charge in [0.1, 0.15) is 0 Å². The molecule has 0 fully saturated rings. The summed E-state index contributed by atoms with van der Waals surface area (Å²) in [6.45, 7) is 7.42. The second-order valence-corrected chi connectivity index (χ2v) is 7.08. The molecule has 0 heterocycles. The van der Waals surface area contributed by atoms with E-state index in [1.165, 1.54) is 0 Å². The van der Waals surface area contributed by atoms with Gasteiger partial charge in [0.2, 0.25) is 0 Å². The number of allylic oxidation sites excluding steroid dienone is 1. The normalized spacial score (nSPS) is 15.9. The molecule has 4 nitrogen and oxygen atoms in total. The first kappa shape index (κ1) is 17.8. The minimum atomic E-state index is -3.58. The molecule has 0 spiro atoms. The summed E-state index contributed by atoms with van der Waals surface area (Å²) in [5, 5.41) is 0. The van der Waals surface area contributed by atoms with Crippen LogP contribution in [0.4, 0.5) is 0 Å². The van der Waals surface area contributed by atoms with E-state index in [9.17, 15) is 14.3 Å². The van der Waals surface area contributed by atoms with E-state index in [0.717, 1.165) is 23.0 Å². The lowest BCUT2D eigenvalue weighted by Gasteiger charge is -2.15. The van der Waals surface area contributed by atoms with Crippen molar-refractivity contribution in [3.63, 3.8) is 0 Å². The molecule has 21 heavy (non-hydrogen) atoms. The summed E-state index contributed by atoms with van der Waals surface area (Å²) in [7, 11) is -3.58. The predicted molar refractivity (Wildman–Crippen MR) is 85.9 cm³/mol. The molecular formula is C16H23O4P. The summed E-state index contributed by atoms with van der Waals surface area (Å²) in [5.74, 6) is 0. The largest absolute Gasteiger partial charge is 0.332 e. The van der Waals surface area contributed by atoms with Gasteiger partial charge in [-0.05, 0) is 43.9 Å². The molecule has 116 valence electrons. The second kappa shape index (κ2) is 7.69. The molecule has 0 aliphatic carbocycles. The summed E-state index contributed by atoms with van der Waals surface area (Å²) in [4.78, 5) is 20.7. The van der Waals surface area contributed by atoms with E-state index < -0.39 is 7.60 Å². The molecule has 1 rings (SSSR count). The Morgan fingerprint density at radius 2 is 1.90 bits per heavy atom. The van der Waals surface area contributed by atoms with E-state index >= 15 is 0 Å². The van der Waals surface area contributed by atoms with Gasteiger partial charge in [0, 0.05) is 5.56 Å². The summed E-state index contributed by atoms with van der Waals surface area (Å²) in [6.07, 6.45) is 4.70. The zero-order chi connectivity index (χ0) is 16.0. The van der Waals surface area contributed by atoms with Gasteiger partial charge in [0.25, 0.3) is 0 Å². The maximum atomic E-state index is 11.8. The third-order valence-corrected chi connectivity index (χ3v) is 4.66. The lowest BCUT2D eigenvalue weighted by Crippen LogP contribution is -2.05. The van der Waals surface area contributed by atoms with Gasteiger partial charge in [-0.1, -0.05) is 31.2 Å². The number of aldehydes is 1. The van der Waals surface area contributed by atoms with Gasteiger partial charge >= 0.3 is 7.60 Å². The molecule has 0 saturated heterocycles. The van der Waals surface area contributed by atoms with E-state index in [-0.39, 0.29) is 12.3 Å². The summed E-state index contributed by atoms with van der Waals surface area (Å²) >= 11 is 0. The van der Waals surface area contributed by atoms with Crippen LogP contribution in [-0.4, -0.2) is 23.4 Å². The van der Waals surface area contributed by atoms with Crippen LogP contribution >= 0.6 is 7.60 Å². The highest BCUT2D eigenvalue weighted by Crippen LogP contribution is 2.43. The standard InChI is InChI=1S/C16H23O4P/c1-5-14(4)20-21(18,19)8-6-7-15-9-12(2)16(11-17)13(3)10-15/h6-7,9-11,14H,5,8H2,1-4H3,(H,18,19). The fourth-order valence-electron chi connectivity index (χ4n) is 2.01. The van der Waals surface area contributed by atoms with E-state index in [4.69, 9.17) is 4.52 Å². The zero-order valence-electron chi connectivity index (χ0n) is 13.0. The van der Waals surface area contributed by atoms with Crippen LogP contribution in [0.3, 0.4) is 0 Å². The number of carbonyl (C=O) groups excluding carboxylic acids is 1.